The van der Waals surface area contributed by atoms with Gasteiger partial charge in [0, 0.05) is 55.8 Å². The molecule has 0 amide bonds. The fraction of sp³-hybridized carbons (Fsp3) is 0.333. The standard InChI is InChI=1S/C24H24N4O2/c1-26-21-9-4-3-8-19(21)22(20(13-25)23(26)29)27-11-10-24(14-27)15-28(16-24)17-6-5-7-18(12-17)30-2/h3-9,12H,10-11,14-16H2,1-2H3. The molecule has 0 N–H and O–H groups in total. The zero-order chi connectivity index (χ0) is 20.9. The average molecular weight is 400 g/mol. The van der Waals surface area contributed by atoms with E-state index in [9.17, 15) is 10.1 Å². The number of benzene rings is 2. The van der Waals surface area contributed by atoms with Gasteiger partial charge in [0.25, 0.3) is 5.56 Å². The third-order valence-corrected chi connectivity index (χ3v) is 6.61. The highest BCUT2D eigenvalue weighted by molar-refractivity contribution is 5.95. The van der Waals surface area contributed by atoms with E-state index >= 15 is 0 Å². The molecule has 2 aliphatic heterocycles. The molecule has 2 fully saturated rings. The summed E-state index contributed by atoms with van der Waals surface area (Å²) in [6.45, 7) is 3.67. The minimum atomic E-state index is -0.223. The van der Waals surface area contributed by atoms with Gasteiger partial charge in [-0.1, -0.05) is 24.3 Å². The number of pyridine rings is 1. The molecule has 6 nitrogen and oxygen atoms in total. The number of aryl methyl sites for hydroxylation is 1. The molecular weight excluding hydrogens is 376 g/mol. The molecule has 0 unspecified atom stereocenters. The van der Waals surface area contributed by atoms with Crippen LogP contribution < -0.4 is 20.1 Å². The molecule has 5 rings (SSSR count). The van der Waals surface area contributed by atoms with Gasteiger partial charge in [-0.05, 0) is 24.6 Å². The number of nitriles is 1. The second-order valence-electron chi connectivity index (χ2n) is 8.45. The largest absolute Gasteiger partial charge is 0.497 e. The Kier molecular flexibility index (Phi) is 4.21. The highest BCUT2D eigenvalue weighted by Gasteiger charge is 2.48. The fourth-order valence-electron chi connectivity index (χ4n) is 5.05. The number of ether oxygens (including phenoxy) is 1. The molecule has 1 spiro atoms. The number of anilines is 2. The van der Waals surface area contributed by atoms with Crippen LogP contribution in [-0.4, -0.2) is 37.9 Å². The second-order valence-corrected chi connectivity index (χ2v) is 8.45. The predicted molar refractivity (Wildman–Crippen MR) is 118 cm³/mol. The van der Waals surface area contributed by atoms with Crippen molar-refractivity contribution < 1.29 is 4.74 Å². The molecule has 1 aromatic heterocycles. The lowest BCUT2D eigenvalue weighted by atomic mass is 9.78. The van der Waals surface area contributed by atoms with Crippen LogP contribution in [0.3, 0.4) is 0 Å². The van der Waals surface area contributed by atoms with E-state index in [0.29, 0.717) is 0 Å². The Labute approximate surface area is 175 Å². The van der Waals surface area contributed by atoms with Gasteiger partial charge in [-0.25, -0.2) is 0 Å². The van der Waals surface area contributed by atoms with Crippen molar-refractivity contribution in [3.05, 3.63) is 64.4 Å². The summed E-state index contributed by atoms with van der Waals surface area (Å²) in [4.78, 5) is 17.5. The number of methoxy groups -OCH3 is 1. The van der Waals surface area contributed by atoms with Crippen LogP contribution in [0.1, 0.15) is 12.0 Å². The Morgan fingerprint density at radius 2 is 1.83 bits per heavy atom. The van der Waals surface area contributed by atoms with Gasteiger partial charge >= 0.3 is 0 Å². The molecule has 0 aliphatic carbocycles. The van der Waals surface area contributed by atoms with E-state index in [2.05, 4.69) is 28.0 Å². The Balaban J connectivity index is 1.45. The van der Waals surface area contributed by atoms with Crippen molar-refractivity contribution >= 4 is 22.3 Å². The Morgan fingerprint density at radius 1 is 1.07 bits per heavy atom. The zero-order valence-electron chi connectivity index (χ0n) is 17.3. The first kappa shape index (κ1) is 18.6. The summed E-state index contributed by atoms with van der Waals surface area (Å²) in [5.74, 6) is 0.867. The Morgan fingerprint density at radius 3 is 2.60 bits per heavy atom. The molecule has 3 aromatic rings. The summed E-state index contributed by atoms with van der Waals surface area (Å²) < 4.78 is 6.94. The average Bonchev–Trinajstić information content (AvgIpc) is 3.20. The van der Waals surface area contributed by atoms with E-state index in [1.807, 2.05) is 36.4 Å². The van der Waals surface area contributed by atoms with Gasteiger partial charge in [-0.15, -0.1) is 0 Å². The SMILES string of the molecule is COc1cccc(N2CC3(CCN(c4c(C#N)c(=O)n(C)c5ccccc45)C3)C2)c1. The maximum atomic E-state index is 12.8. The quantitative estimate of drug-likeness (QED) is 0.676. The molecule has 2 saturated heterocycles. The topological polar surface area (TPSA) is 61.5 Å². The number of aromatic nitrogens is 1. The Bertz CT molecular complexity index is 1230. The van der Waals surface area contributed by atoms with E-state index in [1.54, 1.807) is 18.7 Å². The number of para-hydroxylation sites is 1. The summed E-state index contributed by atoms with van der Waals surface area (Å²) in [7, 11) is 3.42. The first-order valence-corrected chi connectivity index (χ1v) is 10.2. The van der Waals surface area contributed by atoms with Gasteiger partial charge in [0.2, 0.25) is 0 Å². The number of nitrogens with zero attached hydrogens (tertiary/aromatic N) is 4. The van der Waals surface area contributed by atoms with Gasteiger partial charge in [0.15, 0.2) is 0 Å². The van der Waals surface area contributed by atoms with Crippen LogP contribution in [0, 0.1) is 16.7 Å². The van der Waals surface area contributed by atoms with Crippen LogP contribution >= 0.6 is 0 Å². The third kappa shape index (κ3) is 2.73. The maximum absolute atomic E-state index is 12.8. The number of fused-ring (bicyclic) bond motifs is 1. The van der Waals surface area contributed by atoms with E-state index in [0.717, 1.165) is 54.9 Å². The summed E-state index contributed by atoms with van der Waals surface area (Å²) in [6.07, 6.45) is 1.06. The molecule has 30 heavy (non-hydrogen) atoms. The first-order chi connectivity index (χ1) is 14.5. The van der Waals surface area contributed by atoms with E-state index in [-0.39, 0.29) is 16.5 Å². The van der Waals surface area contributed by atoms with E-state index in [4.69, 9.17) is 4.74 Å². The fourth-order valence-corrected chi connectivity index (χ4v) is 5.05. The molecular formula is C24H24N4O2. The molecule has 3 heterocycles. The summed E-state index contributed by atoms with van der Waals surface area (Å²) >= 11 is 0. The lowest BCUT2D eigenvalue weighted by Gasteiger charge is -2.49. The van der Waals surface area contributed by atoms with Gasteiger partial charge in [-0.2, -0.15) is 5.26 Å². The van der Waals surface area contributed by atoms with Crippen LogP contribution in [0.2, 0.25) is 0 Å². The highest BCUT2D eigenvalue weighted by Crippen LogP contribution is 2.45. The van der Waals surface area contributed by atoms with Crippen molar-refractivity contribution in [3.8, 4) is 11.8 Å². The number of rotatable bonds is 3. The molecule has 0 bridgehead atoms. The molecule has 2 aromatic carbocycles. The van der Waals surface area contributed by atoms with Gasteiger partial charge in [0.1, 0.15) is 17.4 Å². The minimum absolute atomic E-state index is 0.192. The molecule has 152 valence electrons. The summed E-state index contributed by atoms with van der Waals surface area (Å²) in [5, 5.41) is 10.7. The van der Waals surface area contributed by atoms with Crippen molar-refractivity contribution in [2.24, 2.45) is 12.5 Å². The van der Waals surface area contributed by atoms with Crippen molar-refractivity contribution in [3.63, 3.8) is 0 Å². The smallest absolute Gasteiger partial charge is 0.270 e. The lowest BCUT2D eigenvalue weighted by molar-refractivity contribution is 0.246. The van der Waals surface area contributed by atoms with Crippen molar-refractivity contribution in [1.82, 2.24) is 4.57 Å². The lowest BCUT2D eigenvalue weighted by Crippen LogP contribution is -2.57. The minimum Gasteiger partial charge on any atom is -0.497 e. The van der Waals surface area contributed by atoms with Crippen LogP contribution in [0.15, 0.2) is 53.3 Å². The highest BCUT2D eigenvalue weighted by atomic mass is 16.5. The Hall–Kier alpha value is -3.46. The van der Waals surface area contributed by atoms with Crippen LogP contribution in [0.4, 0.5) is 11.4 Å². The summed E-state index contributed by atoms with van der Waals surface area (Å²) in [5.41, 5.74) is 3.06. The van der Waals surface area contributed by atoms with Crippen LogP contribution in [0.25, 0.3) is 10.9 Å². The maximum Gasteiger partial charge on any atom is 0.270 e. The van der Waals surface area contributed by atoms with E-state index in [1.165, 1.54) is 5.69 Å². The normalized spacial score (nSPS) is 17.2. The van der Waals surface area contributed by atoms with Crippen molar-refractivity contribution in [2.75, 3.05) is 43.1 Å². The monoisotopic (exact) mass is 400 g/mol. The second kappa shape index (κ2) is 6.81. The van der Waals surface area contributed by atoms with E-state index < -0.39 is 0 Å². The molecule has 0 atom stereocenters. The first-order valence-electron chi connectivity index (χ1n) is 10.2. The molecule has 2 aliphatic rings. The molecule has 6 heteroatoms. The number of hydrogen-bond donors (Lipinski definition) is 0. The van der Waals surface area contributed by atoms with Crippen molar-refractivity contribution in [1.29, 1.82) is 5.26 Å². The summed E-state index contributed by atoms with van der Waals surface area (Å²) in [6, 6.07) is 18.2. The molecule has 0 radical (unpaired) electrons. The predicted octanol–water partition coefficient (Wildman–Crippen LogP) is 3.14. The zero-order valence-corrected chi connectivity index (χ0v) is 17.3. The van der Waals surface area contributed by atoms with Gasteiger partial charge in [-0.3, -0.25) is 4.79 Å². The molecule has 0 saturated carbocycles. The third-order valence-electron chi connectivity index (χ3n) is 6.61. The van der Waals surface area contributed by atoms with Crippen LogP contribution in [0.5, 0.6) is 5.75 Å². The number of hydrogen-bond acceptors (Lipinski definition) is 5. The van der Waals surface area contributed by atoms with Gasteiger partial charge in [0.05, 0.1) is 18.3 Å². The van der Waals surface area contributed by atoms with Crippen LogP contribution in [-0.2, 0) is 7.05 Å². The van der Waals surface area contributed by atoms with Crippen molar-refractivity contribution in [2.45, 2.75) is 6.42 Å². The van der Waals surface area contributed by atoms with Gasteiger partial charge < -0.3 is 19.1 Å².